The molecule has 148 valence electrons. The summed E-state index contributed by atoms with van der Waals surface area (Å²) in [7, 11) is 3.10. The number of hydrogen-bond donors (Lipinski definition) is 2. The van der Waals surface area contributed by atoms with E-state index in [1.165, 1.54) is 7.11 Å². The summed E-state index contributed by atoms with van der Waals surface area (Å²) in [6, 6.07) is 14.0. The Labute approximate surface area is 167 Å². The van der Waals surface area contributed by atoms with Gasteiger partial charge in [-0.25, -0.2) is 4.98 Å². The fourth-order valence-corrected chi connectivity index (χ4v) is 2.87. The van der Waals surface area contributed by atoms with Crippen LogP contribution in [-0.4, -0.2) is 31.9 Å². The number of aromatic nitrogens is 1. The van der Waals surface area contributed by atoms with Gasteiger partial charge in [-0.05, 0) is 36.4 Å². The first-order valence-corrected chi connectivity index (χ1v) is 8.82. The second-order valence-electron chi connectivity index (χ2n) is 6.14. The van der Waals surface area contributed by atoms with E-state index in [0.717, 1.165) is 5.69 Å². The van der Waals surface area contributed by atoms with Crippen LogP contribution in [0.15, 0.2) is 54.7 Å². The maximum atomic E-state index is 12.7. The van der Waals surface area contributed by atoms with E-state index < -0.39 is 0 Å². The van der Waals surface area contributed by atoms with Crippen LogP contribution in [0.25, 0.3) is 0 Å². The summed E-state index contributed by atoms with van der Waals surface area (Å²) in [6.45, 7) is 0.209. The van der Waals surface area contributed by atoms with Crippen molar-refractivity contribution in [2.45, 2.75) is 0 Å². The summed E-state index contributed by atoms with van der Waals surface area (Å²) in [5.74, 6) is 2.73. The molecule has 1 aliphatic rings. The highest BCUT2D eigenvalue weighted by atomic mass is 16.7. The fraction of sp³-hybridized carbons (Fsp3) is 0.143. The maximum absolute atomic E-state index is 12.7. The second-order valence-corrected chi connectivity index (χ2v) is 6.14. The monoisotopic (exact) mass is 393 g/mol. The van der Waals surface area contributed by atoms with Gasteiger partial charge in [-0.2, -0.15) is 0 Å². The van der Waals surface area contributed by atoms with Crippen LogP contribution in [0.2, 0.25) is 0 Å². The van der Waals surface area contributed by atoms with Crippen molar-refractivity contribution in [2.75, 3.05) is 31.6 Å². The van der Waals surface area contributed by atoms with Gasteiger partial charge < -0.3 is 29.6 Å². The number of nitrogens with one attached hydrogen (secondary N) is 2. The van der Waals surface area contributed by atoms with Crippen LogP contribution in [0, 0.1) is 0 Å². The largest absolute Gasteiger partial charge is 0.497 e. The number of carbonyl (C=O) groups excluding carboxylic acids is 1. The average molecular weight is 393 g/mol. The Hall–Kier alpha value is -3.94. The highest BCUT2D eigenvalue weighted by Gasteiger charge is 2.15. The Morgan fingerprint density at radius 3 is 2.69 bits per heavy atom. The Morgan fingerprint density at radius 1 is 1.00 bits per heavy atom. The van der Waals surface area contributed by atoms with Gasteiger partial charge in [0.05, 0.1) is 19.9 Å². The third-order valence-electron chi connectivity index (χ3n) is 4.32. The molecule has 3 aromatic rings. The molecule has 29 heavy (non-hydrogen) atoms. The molecule has 8 heteroatoms. The van der Waals surface area contributed by atoms with Gasteiger partial charge in [0.25, 0.3) is 5.91 Å². The summed E-state index contributed by atoms with van der Waals surface area (Å²) in [4.78, 5) is 17.0. The van der Waals surface area contributed by atoms with Crippen LogP contribution in [0.5, 0.6) is 23.0 Å². The van der Waals surface area contributed by atoms with Crippen LogP contribution in [-0.2, 0) is 0 Å². The number of fused-ring (bicyclic) bond motifs is 1. The zero-order chi connectivity index (χ0) is 20.2. The van der Waals surface area contributed by atoms with Crippen LogP contribution < -0.4 is 29.6 Å². The maximum Gasteiger partial charge on any atom is 0.255 e. The number of rotatable bonds is 6. The van der Waals surface area contributed by atoms with Gasteiger partial charge in [0, 0.05) is 29.6 Å². The molecule has 2 aromatic carbocycles. The van der Waals surface area contributed by atoms with Crippen molar-refractivity contribution in [1.82, 2.24) is 4.98 Å². The first-order valence-electron chi connectivity index (χ1n) is 8.82. The normalized spacial score (nSPS) is 11.7. The van der Waals surface area contributed by atoms with Gasteiger partial charge in [-0.1, -0.05) is 0 Å². The molecule has 0 spiro atoms. The molecule has 0 unspecified atom stereocenters. The molecular weight excluding hydrogens is 374 g/mol. The predicted molar refractivity (Wildman–Crippen MR) is 108 cm³/mol. The van der Waals surface area contributed by atoms with Crippen LogP contribution >= 0.6 is 0 Å². The Kier molecular flexibility index (Phi) is 5.07. The van der Waals surface area contributed by atoms with Crippen LogP contribution in [0.1, 0.15) is 10.4 Å². The van der Waals surface area contributed by atoms with Crippen molar-refractivity contribution >= 4 is 23.1 Å². The van der Waals surface area contributed by atoms with E-state index in [2.05, 4.69) is 15.6 Å². The number of pyridine rings is 1. The summed E-state index contributed by atoms with van der Waals surface area (Å²) < 4.78 is 21.2. The summed E-state index contributed by atoms with van der Waals surface area (Å²) >= 11 is 0. The number of benzene rings is 2. The van der Waals surface area contributed by atoms with Crippen molar-refractivity contribution < 1.29 is 23.7 Å². The molecule has 4 rings (SSSR count). The molecule has 0 saturated heterocycles. The van der Waals surface area contributed by atoms with Gasteiger partial charge in [-0.15, -0.1) is 0 Å². The number of amides is 1. The predicted octanol–water partition coefficient (Wildman–Crippen LogP) is 3.82. The van der Waals surface area contributed by atoms with E-state index in [1.807, 2.05) is 18.2 Å². The van der Waals surface area contributed by atoms with Gasteiger partial charge in [0.2, 0.25) is 6.79 Å². The smallest absolute Gasteiger partial charge is 0.255 e. The molecule has 1 amide bonds. The van der Waals surface area contributed by atoms with Gasteiger partial charge >= 0.3 is 0 Å². The summed E-state index contributed by atoms with van der Waals surface area (Å²) in [5.41, 5.74) is 1.72. The van der Waals surface area contributed by atoms with Crippen molar-refractivity contribution in [1.29, 1.82) is 0 Å². The lowest BCUT2D eigenvalue weighted by atomic mass is 10.2. The zero-order valence-electron chi connectivity index (χ0n) is 15.9. The molecule has 1 aromatic heterocycles. The standard InChI is InChI=1S/C21H19N3O5/c1-26-15-4-6-17(27-2)16(11-15)24-21(25)13-7-8-22-20(9-13)23-14-3-5-18-19(10-14)29-12-28-18/h3-11H,12H2,1-2H3,(H,22,23)(H,24,25). The lowest BCUT2D eigenvalue weighted by Gasteiger charge is -2.12. The van der Waals surface area contributed by atoms with Crippen LogP contribution in [0.4, 0.5) is 17.2 Å². The highest BCUT2D eigenvalue weighted by Crippen LogP contribution is 2.35. The number of nitrogens with zero attached hydrogens (tertiary/aromatic N) is 1. The van der Waals surface area contributed by atoms with Gasteiger partial charge in [-0.3, -0.25) is 4.79 Å². The third kappa shape index (κ3) is 4.01. The highest BCUT2D eigenvalue weighted by molar-refractivity contribution is 6.05. The first-order chi connectivity index (χ1) is 14.2. The number of ether oxygens (including phenoxy) is 4. The minimum Gasteiger partial charge on any atom is -0.497 e. The van der Waals surface area contributed by atoms with E-state index in [1.54, 1.807) is 43.6 Å². The molecule has 0 atom stereocenters. The number of anilines is 3. The second kappa shape index (κ2) is 7.97. The fourth-order valence-electron chi connectivity index (χ4n) is 2.87. The lowest BCUT2D eigenvalue weighted by Crippen LogP contribution is -2.13. The zero-order valence-corrected chi connectivity index (χ0v) is 15.9. The molecule has 0 aliphatic carbocycles. The minimum atomic E-state index is -0.298. The molecule has 0 fully saturated rings. The molecule has 0 bridgehead atoms. The number of carbonyl (C=O) groups is 1. The lowest BCUT2D eigenvalue weighted by molar-refractivity contribution is 0.102. The summed E-state index contributed by atoms with van der Waals surface area (Å²) in [6.07, 6.45) is 1.56. The molecule has 2 N–H and O–H groups in total. The van der Waals surface area contributed by atoms with Gasteiger partial charge in [0.15, 0.2) is 11.5 Å². The molecular formula is C21H19N3O5. The molecule has 1 aliphatic heterocycles. The SMILES string of the molecule is COc1ccc(OC)c(NC(=O)c2ccnc(Nc3ccc4c(c3)OCO4)c2)c1. The Balaban J connectivity index is 1.52. The van der Waals surface area contributed by atoms with Crippen molar-refractivity contribution in [2.24, 2.45) is 0 Å². The third-order valence-corrected chi connectivity index (χ3v) is 4.32. The molecule has 0 saturated carbocycles. The Morgan fingerprint density at radius 2 is 1.86 bits per heavy atom. The first kappa shape index (κ1) is 18.4. The van der Waals surface area contributed by atoms with E-state index in [0.29, 0.717) is 40.1 Å². The molecule has 2 heterocycles. The average Bonchev–Trinajstić information content (AvgIpc) is 3.21. The van der Waals surface area contributed by atoms with E-state index in [9.17, 15) is 4.79 Å². The van der Waals surface area contributed by atoms with E-state index in [-0.39, 0.29) is 12.7 Å². The Bertz CT molecular complexity index is 1050. The quantitative estimate of drug-likeness (QED) is 0.658. The van der Waals surface area contributed by atoms with Crippen molar-refractivity contribution in [3.63, 3.8) is 0 Å². The van der Waals surface area contributed by atoms with Crippen LogP contribution in [0.3, 0.4) is 0 Å². The minimum absolute atomic E-state index is 0.209. The van der Waals surface area contributed by atoms with Crippen molar-refractivity contribution in [3.8, 4) is 23.0 Å². The number of hydrogen-bond acceptors (Lipinski definition) is 7. The topological polar surface area (TPSA) is 90.9 Å². The van der Waals surface area contributed by atoms with E-state index >= 15 is 0 Å². The molecule has 0 radical (unpaired) electrons. The number of methoxy groups -OCH3 is 2. The molecule has 8 nitrogen and oxygen atoms in total. The van der Waals surface area contributed by atoms with Crippen molar-refractivity contribution in [3.05, 3.63) is 60.3 Å². The van der Waals surface area contributed by atoms with Gasteiger partial charge in [0.1, 0.15) is 17.3 Å². The summed E-state index contributed by atoms with van der Waals surface area (Å²) in [5, 5.41) is 6.00. The van der Waals surface area contributed by atoms with E-state index in [4.69, 9.17) is 18.9 Å².